The van der Waals surface area contributed by atoms with E-state index in [9.17, 15) is 4.79 Å². The Hall–Kier alpha value is -2.53. The molecular weight excluding hydrogens is 464 g/mol. The zero-order valence-electron chi connectivity index (χ0n) is 18.6. The van der Waals surface area contributed by atoms with Gasteiger partial charge in [-0.05, 0) is 37.5 Å². The van der Waals surface area contributed by atoms with Crippen molar-refractivity contribution in [1.29, 1.82) is 0 Å². The number of aromatic nitrogens is 2. The van der Waals surface area contributed by atoms with Crippen molar-refractivity contribution in [3.63, 3.8) is 0 Å². The third-order valence-corrected chi connectivity index (χ3v) is 7.68. The minimum atomic E-state index is -1.16. The van der Waals surface area contributed by atoms with Crippen molar-refractivity contribution in [3.05, 3.63) is 87.2 Å². The van der Waals surface area contributed by atoms with Crippen LogP contribution in [0.25, 0.3) is 0 Å². The van der Waals surface area contributed by atoms with E-state index in [4.69, 9.17) is 13.9 Å². The average molecular weight is 490 g/mol. The van der Waals surface area contributed by atoms with E-state index in [2.05, 4.69) is 33.6 Å². The Kier molecular flexibility index (Phi) is 6.82. The number of nitrogens with one attached hydrogen (secondary N) is 1. The van der Waals surface area contributed by atoms with Crippen LogP contribution in [0.3, 0.4) is 0 Å². The molecule has 0 saturated carbocycles. The van der Waals surface area contributed by atoms with E-state index in [1.54, 1.807) is 11.9 Å². The van der Waals surface area contributed by atoms with Crippen LogP contribution < -0.4 is 5.76 Å². The highest BCUT2D eigenvalue weighted by molar-refractivity contribution is 7.97. The second kappa shape index (κ2) is 9.99. The summed E-state index contributed by atoms with van der Waals surface area (Å²) in [5.74, 6) is -2.16. The number of nitrogens with zero attached hydrogens (tertiary/aromatic N) is 2. The Labute approximate surface area is 199 Å². The van der Waals surface area contributed by atoms with Gasteiger partial charge in [-0.2, -0.15) is 0 Å². The molecule has 0 bridgehead atoms. The maximum Gasteiger partial charge on any atom is 0.434 e. The van der Waals surface area contributed by atoms with Gasteiger partial charge in [-0.1, -0.05) is 42.3 Å². The van der Waals surface area contributed by atoms with Crippen molar-refractivity contribution in [2.75, 3.05) is 13.2 Å². The van der Waals surface area contributed by atoms with Crippen molar-refractivity contribution >= 4 is 11.9 Å². The molecule has 2 aliphatic rings. The molecule has 0 spiro atoms. The number of benzene rings is 2. The van der Waals surface area contributed by atoms with Gasteiger partial charge >= 0.3 is 5.76 Å². The fourth-order valence-electron chi connectivity index (χ4n) is 4.14. The predicted molar refractivity (Wildman–Crippen MR) is 122 cm³/mol. The first kappa shape index (κ1) is 23.2. The van der Waals surface area contributed by atoms with Crippen molar-refractivity contribution in [2.45, 2.75) is 49.8 Å². The number of rotatable bonds is 7. The molecule has 2 aromatic carbocycles. The standard InChI is InChI=1S/C24H25F2N3O4S/c1-14-7-8-21(15-5-3-2-4-6-15)34-29(14)11-16-9-20(26)18(10-19(16)25)22(32-17-12-31-13-17)23-27-28-24(30)33-23/h2-6,9-10,14,17,21-22H,7-8,11-13H2,1H3,(H,28,30)/t14-,21?,22?/m0/s1. The van der Waals surface area contributed by atoms with Gasteiger partial charge in [0.25, 0.3) is 5.89 Å². The summed E-state index contributed by atoms with van der Waals surface area (Å²) < 4.78 is 48.5. The van der Waals surface area contributed by atoms with Crippen LogP contribution in [0.15, 0.2) is 51.7 Å². The quantitative estimate of drug-likeness (QED) is 0.489. The summed E-state index contributed by atoms with van der Waals surface area (Å²) in [4.78, 5) is 11.4. The van der Waals surface area contributed by atoms with Gasteiger partial charge in [-0.25, -0.2) is 23.0 Å². The van der Waals surface area contributed by atoms with E-state index >= 15 is 8.78 Å². The van der Waals surface area contributed by atoms with E-state index < -0.39 is 23.5 Å². The van der Waals surface area contributed by atoms with Crippen molar-refractivity contribution in [3.8, 4) is 0 Å². The molecule has 180 valence electrons. The van der Waals surface area contributed by atoms with Crippen LogP contribution in [0.1, 0.15) is 53.7 Å². The Morgan fingerprint density at radius 1 is 1.21 bits per heavy atom. The van der Waals surface area contributed by atoms with Crippen LogP contribution in [0.5, 0.6) is 0 Å². The lowest BCUT2D eigenvalue weighted by Crippen LogP contribution is -2.37. The molecule has 3 atom stereocenters. The summed E-state index contributed by atoms with van der Waals surface area (Å²) in [5, 5.41) is 6.18. The van der Waals surface area contributed by atoms with Gasteiger partial charge < -0.3 is 13.9 Å². The molecule has 2 aliphatic heterocycles. The Morgan fingerprint density at radius 2 is 2.00 bits per heavy atom. The molecule has 7 nitrogen and oxygen atoms in total. The van der Waals surface area contributed by atoms with Crippen molar-refractivity contribution in [1.82, 2.24) is 14.5 Å². The summed E-state index contributed by atoms with van der Waals surface area (Å²) in [6.07, 6.45) is 0.504. The lowest BCUT2D eigenvalue weighted by Gasteiger charge is -2.37. The zero-order valence-corrected chi connectivity index (χ0v) is 19.4. The van der Waals surface area contributed by atoms with Crippen molar-refractivity contribution in [2.24, 2.45) is 0 Å². The molecule has 3 aromatic rings. The van der Waals surface area contributed by atoms with Crippen LogP contribution in [0, 0.1) is 11.6 Å². The van der Waals surface area contributed by atoms with E-state index in [-0.39, 0.29) is 41.0 Å². The Bertz CT molecular complexity index is 1180. The third kappa shape index (κ3) is 4.95. The summed E-state index contributed by atoms with van der Waals surface area (Å²) in [6.45, 7) is 3.00. The number of aromatic amines is 1. The van der Waals surface area contributed by atoms with Crippen LogP contribution in [0.2, 0.25) is 0 Å². The van der Waals surface area contributed by atoms with Gasteiger partial charge in [-0.15, -0.1) is 5.10 Å². The van der Waals surface area contributed by atoms with Gasteiger partial charge in [0.15, 0.2) is 6.10 Å². The molecule has 34 heavy (non-hydrogen) atoms. The van der Waals surface area contributed by atoms with Gasteiger partial charge in [0, 0.05) is 29.0 Å². The second-order valence-electron chi connectivity index (χ2n) is 8.60. The summed E-state index contributed by atoms with van der Waals surface area (Å²) in [7, 11) is 0. The van der Waals surface area contributed by atoms with E-state index in [0.717, 1.165) is 18.9 Å². The van der Waals surface area contributed by atoms with Crippen LogP contribution >= 0.6 is 11.9 Å². The molecule has 0 aliphatic carbocycles. The largest absolute Gasteiger partial charge is 0.434 e. The summed E-state index contributed by atoms with van der Waals surface area (Å²) >= 11 is 1.67. The maximum atomic E-state index is 15.3. The molecule has 0 amide bonds. The maximum absolute atomic E-state index is 15.3. The molecule has 5 rings (SSSR count). The number of hydrogen-bond donors (Lipinski definition) is 1. The van der Waals surface area contributed by atoms with Gasteiger partial charge in [0.1, 0.15) is 17.7 Å². The van der Waals surface area contributed by atoms with Gasteiger partial charge in [-0.3, -0.25) is 0 Å². The van der Waals surface area contributed by atoms with Crippen molar-refractivity contribution < 1.29 is 22.7 Å². The minimum Gasteiger partial charge on any atom is -0.389 e. The zero-order chi connectivity index (χ0) is 23.7. The fourth-order valence-corrected chi connectivity index (χ4v) is 5.52. The van der Waals surface area contributed by atoms with E-state index in [1.807, 2.05) is 18.2 Å². The normalized spacial score (nSPS) is 22.4. The number of H-pyrrole nitrogens is 1. The molecule has 10 heteroatoms. The number of ether oxygens (including phenoxy) is 2. The van der Waals surface area contributed by atoms with Crippen LogP contribution in [-0.2, 0) is 16.0 Å². The fraction of sp³-hybridized carbons (Fsp3) is 0.417. The highest BCUT2D eigenvalue weighted by Crippen LogP contribution is 2.43. The second-order valence-corrected chi connectivity index (χ2v) is 9.85. The molecule has 2 fully saturated rings. The first-order valence-corrected chi connectivity index (χ1v) is 12.1. The minimum absolute atomic E-state index is 0.0788. The lowest BCUT2D eigenvalue weighted by molar-refractivity contribution is -0.152. The highest BCUT2D eigenvalue weighted by atomic mass is 32.2. The number of halogens is 2. The summed E-state index contributed by atoms with van der Waals surface area (Å²) in [5.41, 5.74) is 1.40. The molecule has 0 radical (unpaired) electrons. The Balaban J connectivity index is 1.38. The lowest BCUT2D eigenvalue weighted by atomic mass is 10.0. The number of hydrogen-bond acceptors (Lipinski definition) is 7. The van der Waals surface area contributed by atoms with E-state index in [1.165, 1.54) is 11.6 Å². The molecule has 3 heterocycles. The first-order valence-electron chi connectivity index (χ1n) is 11.2. The predicted octanol–water partition coefficient (Wildman–Crippen LogP) is 4.52. The average Bonchev–Trinajstić information content (AvgIpc) is 3.23. The molecule has 1 aromatic heterocycles. The van der Waals surface area contributed by atoms with Crippen LogP contribution in [-0.4, -0.2) is 39.9 Å². The van der Waals surface area contributed by atoms with Gasteiger partial charge in [0.2, 0.25) is 0 Å². The monoisotopic (exact) mass is 489 g/mol. The van der Waals surface area contributed by atoms with Gasteiger partial charge in [0.05, 0.1) is 13.2 Å². The highest BCUT2D eigenvalue weighted by Gasteiger charge is 2.33. The SMILES string of the molecule is C[C@H]1CCC(c2ccccc2)SN1Cc1cc(F)c(C(OC2COC2)c2n[nH]c(=O)o2)cc1F. The van der Waals surface area contributed by atoms with Crippen LogP contribution in [0.4, 0.5) is 8.78 Å². The smallest absolute Gasteiger partial charge is 0.389 e. The summed E-state index contributed by atoms with van der Waals surface area (Å²) in [6, 6.07) is 12.7. The molecule has 1 N–H and O–H groups in total. The first-order chi connectivity index (χ1) is 16.5. The Morgan fingerprint density at radius 3 is 2.68 bits per heavy atom. The molecule has 2 saturated heterocycles. The molecular formula is C24H25F2N3O4S. The van der Waals surface area contributed by atoms with E-state index in [0.29, 0.717) is 13.2 Å². The topological polar surface area (TPSA) is 80.6 Å². The third-order valence-electron chi connectivity index (χ3n) is 6.16. The molecule has 2 unspecified atom stereocenters.